The van der Waals surface area contributed by atoms with Crippen molar-refractivity contribution in [3.63, 3.8) is 0 Å². The summed E-state index contributed by atoms with van der Waals surface area (Å²) < 4.78 is 2.11. The first-order valence-electron chi connectivity index (χ1n) is 9.09. The second kappa shape index (κ2) is 7.08. The van der Waals surface area contributed by atoms with Gasteiger partial charge in [-0.05, 0) is 36.6 Å². The van der Waals surface area contributed by atoms with E-state index in [0.29, 0.717) is 5.70 Å². The predicted octanol–water partition coefficient (Wildman–Crippen LogP) is 6.43. The van der Waals surface area contributed by atoms with Crippen molar-refractivity contribution in [2.45, 2.75) is 13.8 Å². The number of carbonyl (C=O) groups excluding carboxylic acids is 1. The van der Waals surface area contributed by atoms with Crippen molar-refractivity contribution >= 4 is 22.9 Å². The van der Waals surface area contributed by atoms with Crippen LogP contribution >= 0.6 is 0 Å². The lowest BCUT2D eigenvalue weighted by Gasteiger charge is -2.14. The number of allylic oxidation sites excluding steroid dienone is 2. The second-order valence-corrected chi connectivity index (χ2v) is 6.81. The van der Waals surface area contributed by atoms with Crippen molar-refractivity contribution in [1.29, 1.82) is 0 Å². The molecule has 4 rings (SSSR count). The van der Waals surface area contributed by atoms with Gasteiger partial charge in [0.2, 0.25) is 0 Å². The number of benzene rings is 3. The topological polar surface area (TPSA) is 22.0 Å². The highest BCUT2D eigenvalue weighted by atomic mass is 16.1. The van der Waals surface area contributed by atoms with Crippen molar-refractivity contribution in [3.05, 3.63) is 90.5 Å². The summed E-state index contributed by atoms with van der Waals surface area (Å²) in [5.41, 5.74) is 7.15. The lowest BCUT2D eigenvalue weighted by atomic mass is 9.98. The molecular weight excluding hydrogens is 330 g/mol. The lowest BCUT2D eigenvalue weighted by molar-refractivity contribution is -0.103. The van der Waals surface area contributed by atoms with Crippen molar-refractivity contribution in [2.24, 2.45) is 0 Å². The summed E-state index contributed by atoms with van der Waals surface area (Å²) in [7, 11) is 0. The van der Waals surface area contributed by atoms with E-state index >= 15 is 0 Å². The molecule has 0 fully saturated rings. The Hall–Kier alpha value is -3.39. The van der Waals surface area contributed by atoms with E-state index in [9.17, 15) is 4.79 Å². The van der Waals surface area contributed by atoms with Crippen LogP contribution in [0.1, 0.15) is 13.8 Å². The minimum atomic E-state index is 0.687. The van der Waals surface area contributed by atoms with Crippen molar-refractivity contribution < 1.29 is 4.79 Å². The van der Waals surface area contributed by atoms with Crippen LogP contribution in [0.15, 0.2) is 90.5 Å². The summed E-state index contributed by atoms with van der Waals surface area (Å²) in [6.45, 7) is 3.96. The summed E-state index contributed by atoms with van der Waals surface area (Å²) in [6.07, 6.45) is 0.961. The largest absolute Gasteiger partial charge is 0.306 e. The molecule has 0 unspecified atom stereocenters. The van der Waals surface area contributed by atoms with Crippen LogP contribution in [0.2, 0.25) is 0 Å². The zero-order valence-corrected chi connectivity index (χ0v) is 15.5. The van der Waals surface area contributed by atoms with Gasteiger partial charge in [0.15, 0.2) is 6.29 Å². The first kappa shape index (κ1) is 17.0. The van der Waals surface area contributed by atoms with Crippen LogP contribution in [0.3, 0.4) is 0 Å². The third kappa shape index (κ3) is 2.89. The van der Waals surface area contributed by atoms with Gasteiger partial charge in [-0.15, -0.1) is 0 Å². The van der Waals surface area contributed by atoms with Crippen molar-refractivity contribution in [1.82, 2.24) is 4.57 Å². The number of hydrogen-bond donors (Lipinski definition) is 0. The van der Waals surface area contributed by atoms with E-state index in [1.807, 2.05) is 44.2 Å². The van der Waals surface area contributed by atoms with Crippen LogP contribution in [-0.2, 0) is 4.79 Å². The molecule has 27 heavy (non-hydrogen) atoms. The Labute approximate surface area is 159 Å². The zero-order chi connectivity index (χ0) is 18.8. The number of rotatable bonds is 4. The standard InChI is InChI=1S/C25H21NO/c1-18(2)23(17-27)26-22-16-10-9-15-21(22)24(19-11-5-3-6-12-19)25(26)20-13-7-4-8-14-20/h3-17H,1-2H3. The van der Waals surface area contributed by atoms with Crippen LogP contribution in [0.25, 0.3) is 39.0 Å². The highest BCUT2D eigenvalue weighted by Crippen LogP contribution is 2.42. The molecule has 0 saturated carbocycles. The SMILES string of the molecule is CC(C)=C(C=O)n1c(-c2ccccc2)c(-c2ccccc2)c2ccccc21. The van der Waals surface area contributed by atoms with Gasteiger partial charge in [0.25, 0.3) is 0 Å². The van der Waals surface area contributed by atoms with Gasteiger partial charge in [-0.2, -0.15) is 0 Å². The van der Waals surface area contributed by atoms with E-state index in [1.54, 1.807) is 0 Å². The molecule has 1 aromatic heterocycles. The number of hydrogen-bond acceptors (Lipinski definition) is 1. The van der Waals surface area contributed by atoms with Crippen molar-refractivity contribution in [2.75, 3.05) is 0 Å². The smallest absolute Gasteiger partial charge is 0.166 e. The first-order chi connectivity index (χ1) is 13.2. The number of carbonyl (C=O) groups is 1. The highest BCUT2D eigenvalue weighted by Gasteiger charge is 2.21. The van der Waals surface area contributed by atoms with Crippen LogP contribution < -0.4 is 0 Å². The van der Waals surface area contributed by atoms with Gasteiger partial charge in [-0.25, -0.2) is 0 Å². The molecule has 1 heterocycles. The molecule has 0 aliphatic heterocycles. The summed E-state index contributed by atoms with van der Waals surface area (Å²) in [5, 5.41) is 1.14. The molecule has 2 nitrogen and oxygen atoms in total. The molecule has 4 aromatic rings. The maximum Gasteiger partial charge on any atom is 0.166 e. The molecule has 0 saturated heterocycles. The summed E-state index contributed by atoms with van der Waals surface area (Å²) >= 11 is 0. The molecule has 0 spiro atoms. The Kier molecular flexibility index (Phi) is 4.47. The van der Waals surface area contributed by atoms with Gasteiger partial charge in [0, 0.05) is 10.9 Å². The quantitative estimate of drug-likeness (QED) is 0.307. The lowest BCUT2D eigenvalue weighted by Crippen LogP contribution is -2.03. The van der Waals surface area contributed by atoms with Crippen LogP contribution in [0.5, 0.6) is 0 Å². The van der Waals surface area contributed by atoms with Crippen LogP contribution in [0, 0.1) is 0 Å². The van der Waals surface area contributed by atoms with Gasteiger partial charge in [-0.1, -0.05) is 78.9 Å². The molecule has 0 amide bonds. The molecule has 0 bridgehead atoms. The Morgan fingerprint density at radius 3 is 1.89 bits per heavy atom. The van der Waals surface area contributed by atoms with E-state index in [1.165, 1.54) is 0 Å². The zero-order valence-electron chi connectivity index (χ0n) is 15.5. The number of para-hydroxylation sites is 1. The van der Waals surface area contributed by atoms with E-state index in [2.05, 4.69) is 59.2 Å². The maximum atomic E-state index is 12.0. The van der Waals surface area contributed by atoms with E-state index in [4.69, 9.17) is 0 Å². The van der Waals surface area contributed by atoms with Gasteiger partial charge < -0.3 is 4.57 Å². The Bertz CT molecular complexity index is 1130. The molecule has 2 heteroatoms. The second-order valence-electron chi connectivity index (χ2n) is 6.81. The van der Waals surface area contributed by atoms with Gasteiger partial charge in [0.1, 0.15) is 0 Å². The molecule has 3 aromatic carbocycles. The first-order valence-corrected chi connectivity index (χ1v) is 9.09. The Morgan fingerprint density at radius 2 is 1.30 bits per heavy atom. The molecule has 0 aliphatic carbocycles. The fourth-order valence-electron chi connectivity index (χ4n) is 3.65. The van der Waals surface area contributed by atoms with Crippen LogP contribution in [0.4, 0.5) is 0 Å². The Balaban J connectivity index is 2.23. The summed E-state index contributed by atoms with van der Waals surface area (Å²) in [5.74, 6) is 0. The maximum absolute atomic E-state index is 12.0. The molecule has 0 N–H and O–H groups in total. The Morgan fingerprint density at radius 1 is 0.741 bits per heavy atom. The monoisotopic (exact) mass is 351 g/mol. The summed E-state index contributed by atoms with van der Waals surface area (Å²) in [4.78, 5) is 12.0. The fraction of sp³-hybridized carbons (Fsp3) is 0.0800. The van der Waals surface area contributed by atoms with E-state index < -0.39 is 0 Å². The number of aromatic nitrogens is 1. The van der Waals surface area contributed by atoms with Crippen molar-refractivity contribution in [3.8, 4) is 22.4 Å². The average molecular weight is 351 g/mol. The van der Waals surface area contributed by atoms with E-state index in [0.717, 1.165) is 45.1 Å². The number of fused-ring (bicyclic) bond motifs is 1. The van der Waals surface area contributed by atoms with Gasteiger partial charge in [0.05, 0.1) is 16.9 Å². The van der Waals surface area contributed by atoms with E-state index in [-0.39, 0.29) is 0 Å². The molecule has 0 atom stereocenters. The molecule has 132 valence electrons. The third-order valence-electron chi connectivity index (χ3n) is 4.85. The molecule has 0 radical (unpaired) electrons. The predicted molar refractivity (Wildman–Crippen MR) is 113 cm³/mol. The average Bonchev–Trinajstić information content (AvgIpc) is 3.05. The minimum Gasteiger partial charge on any atom is -0.306 e. The van der Waals surface area contributed by atoms with Gasteiger partial charge in [-0.3, -0.25) is 4.79 Å². The highest BCUT2D eigenvalue weighted by molar-refractivity contribution is 6.12. The minimum absolute atomic E-state index is 0.687. The normalized spacial score (nSPS) is 10.7. The number of aldehydes is 1. The third-order valence-corrected chi connectivity index (χ3v) is 4.85. The fourth-order valence-corrected chi connectivity index (χ4v) is 3.65. The summed E-state index contributed by atoms with van der Waals surface area (Å²) in [6, 6.07) is 29.0. The number of nitrogens with zero attached hydrogens (tertiary/aromatic N) is 1. The van der Waals surface area contributed by atoms with Gasteiger partial charge >= 0.3 is 0 Å². The molecule has 0 aliphatic rings. The molecular formula is C25H21NO. The van der Waals surface area contributed by atoms with Crippen LogP contribution in [-0.4, -0.2) is 10.9 Å².